The molecule has 0 amide bonds. The highest BCUT2D eigenvalue weighted by atomic mass is 16.5. The van der Waals surface area contributed by atoms with E-state index in [9.17, 15) is 0 Å². The summed E-state index contributed by atoms with van der Waals surface area (Å²) < 4.78 is 5.42. The van der Waals surface area contributed by atoms with E-state index >= 15 is 0 Å². The maximum absolute atomic E-state index is 9.14. The minimum atomic E-state index is -0.433. The van der Waals surface area contributed by atoms with E-state index in [-0.39, 0.29) is 0 Å². The molecule has 3 unspecified atom stereocenters. The lowest BCUT2D eigenvalue weighted by atomic mass is 9.94. The number of hydrogen-bond donors (Lipinski definition) is 1. The summed E-state index contributed by atoms with van der Waals surface area (Å²) >= 11 is 0. The normalized spacial score (nSPS) is 28.1. The Morgan fingerprint density at radius 3 is 2.88 bits per heavy atom. The number of morpholine rings is 1. The molecule has 0 aromatic heterocycles. The van der Waals surface area contributed by atoms with E-state index < -0.39 is 5.54 Å². The molecular weight excluding hydrogens is 202 g/mol. The topological polar surface area (TPSA) is 48.3 Å². The molecule has 0 aliphatic carbocycles. The zero-order valence-electron chi connectivity index (χ0n) is 10.8. The number of ether oxygens (including phenoxy) is 1. The molecule has 16 heavy (non-hydrogen) atoms. The van der Waals surface area contributed by atoms with Gasteiger partial charge in [0.05, 0.1) is 19.3 Å². The highest BCUT2D eigenvalue weighted by Gasteiger charge is 2.30. The second-order valence-electron chi connectivity index (χ2n) is 4.91. The molecule has 1 aliphatic rings. The minimum absolute atomic E-state index is 0.399. The van der Waals surface area contributed by atoms with Crippen LogP contribution in [-0.4, -0.2) is 49.3 Å². The third-order valence-electron chi connectivity index (χ3n) is 3.49. The van der Waals surface area contributed by atoms with Crippen molar-refractivity contribution in [3.63, 3.8) is 0 Å². The number of nitrogens with zero attached hydrogens (tertiary/aromatic N) is 2. The molecule has 1 saturated heterocycles. The summed E-state index contributed by atoms with van der Waals surface area (Å²) in [6.45, 7) is 8.89. The fourth-order valence-corrected chi connectivity index (χ4v) is 2.31. The van der Waals surface area contributed by atoms with Crippen LogP contribution in [0.4, 0.5) is 0 Å². The second kappa shape index (κ2) is 5.62. The van der Waals surface area contributed by atoms with Gasteiger partial charge in [0.15, 0.2) is 0 Å². The molecule has 1 fully saturated rings. The monoisotopic (exact) mass is 225 g/mol. The van der Waals surface area contributed by atoms with Gasteiger partial charge in [-0.2, -0.15) is 5.26 Å². The van der Waals surface area contributed by atoms with Crippen molar-refractivity contribution in [3.05, 3.63) is 0 Å². The highest BCUT2D eigenvalue weighted by molar-refractivity contribution is 5.05. The van der Waals surface area contributed by atoms with E-state index in [2.05, 4.69) is 30.1 Å². The van der Waals surface area contributed by atoms with Crippen molar-refractivity contribution >= 4 is 0 Å². The maximum atomic E-state index is 9.14. The van der Waals surface area contributed by atoms with Crippen molar-refractivity contribution in [2.75, 3.05) is 26.8 Å². The summed E-state index contributed by atoms with van der Waals surface area (Å²) in [6, 6.07) is 3.19. The standard InChI is InChI=1S/C12H23N3O/c1-10(7-12(3,9-13)14-4)15-5-6-16-8-11(15)2/h10-11,14H,5-8H2,1-4H3. The zero-order valence-corrected chi connectivity index (χ0v) is 10.8. The zero-order chi connectivity index (χ0) is 12.2. The van der Waals surface area contributed by atoms with Gasteiger partial charge in [-0.3, -0.25) is 4.90 Å². The largest absolute Gasteiger partial charge is 0.379 e. The van der Waals surface area contributed by atoms with Crippen molar-refractivity contribution in [3.8, 4) is 6.07 Å². The van der Waals surface area contributed by atoms with Gasteiger partial charge in [0, 0.05) is 18.6 Å². The predicted molar refractivity (Wildman–Crippen MR) is 64.1 cm³/mol. The average molecular weight is 225 g/mol. The third-order valence-corrected chi connectivity index (χ3v) is 3.49. The lowest BCUT2D eigenvalue weighted by molar-refractivity contribution is -0.0227. The smallest absolute Gasteiger partial charge is 0.105 e. The minimum Gasteiger partial charge on any atom is -0.379 e. The van der Waals surface area contributed by atoms with Crippen LogP contribution in [0.25, 0.3) is 0 Å². The van der Waals surface area contributed by atoms with Crippen LogP contribution in [0, 0.1) is 11.3 Å². The fourth-order valence-electron chi connectivity index (χ4n) is 2.31. The predicted octanol–water partition coefficient (Wildman–Crippen LogP) is 0.987. The summed E-state index contributed by atoms with van der Waals surface area (Å²) in [7, 11) is 1.85. The lowest BCUT2D eigenvalue weighted by Gasteiger charge is -2.40. The van der Waals surface area contributed by atoms with Crippen LogP contribution in [0.1, 0.15) is 27.2 Å². The van der Waals surface area contributed by atoms with E-state index in [0.29, 0.717) is 12.1 Å². The Balaban J connectivity index is 2.57. The summed E-state index contributed by atoms with van der Waals surface area (Å²) in [4.78, 5) is 2.43. The Hall–Kier alpha value is -0.630. The van der Waals surface area contributed by atoms with Gasteiger partial charge < -0.3 is 10.1 Å². The second-order valence-corrected chi connectivity index (χ2v) is 4.91. The Bertz CT molecular complexity index is 263. The van der Waals surface area contributed by atoms with Gasteiger partial charge >= 0.3 is 0 Å². The summed E-state index contributed by atoms with van der Waals surface area (Å²) in [6.07, 6.45) is 0.838. The molecule has 0 spiro atoms. The first kappa shape index (κ1) is 13.4. The quantitative estimate of drug-likeness (QED) is 0.775. The number of nitrogens with one attached hydrogen (secondary N) is 1. The molecular formula is C12H23N3O. The van der Waals surface area contributed by atoms with Crippen molar-refractivity contribution < 1.29 is 4.74 Å². The van der Waals surface area contributed by atoms with E-state index in [4.69, 9.17) is 10.00 Å². The van der Waals surface area contributed by atoms with Crippen LogP contribution >= 0.6 is 0 Å². The molecule has 0 radical (unpaired) electrons. The molecule has 0 aromatic rings. The molecule has 4 heteroatoms. The molecule has 1 aliphatic heterocycles. The van der Waals surface area contributed by atoms with Gasteiger partial charge in [-0.15, -0.1) is 0 Å². The molecule has 0 bridgehead atoms. The fraction of sp³-hybridized carbons (Fsp3) is 0.917. The van der Waals surface area contributed by atoms with Crippen molar-refractivity contribution in [2.45, 2.75) is 44.8 Å². The third kappa shape index (κ3) is 3.18. The van der Waals surface area contributed by atoms with Gasteiger partial charge in [0.1, 0.15) is 5.54 Å². The van der Waals surface area contributed by atoms with E-state index in [1.165, 1.54) is 0 Å². The molecule has 3 atom stereocenters. The number of rotatable bonds is 4. The molecule has 1 rings (SSSR count). The molecule has 92 valence electrons. The van der Waals surface area contributed by atoms with Crippen LogP contribution < -0.4 is 5.32 Å². The molecule has 0 saturated carbocycles. The average Bonchev–Trinajstić information content (AvgIpc) is 2.29. The van der Waals surface area contributed by atoms with Gasteiger partial charge in [0.2, 0.25) is 0 Å². The summed E-state index contributed by atoms with van der Waals surface area (Å²) in [5, 5.41) is 12.2. The van der Waals surface area contributed by atoms with Crippen molar-refractivity contribution in [1.82, 2.24) is 10.2 Å². The summed E-state index contributed by atoms with van der Waals surface area (Å²) in [5.41, 5.74) is -0.433. The Morgan fingerprint density at radius 2 is 2.38 bits per heavy atom. The van der Waals surface area contributed by atoms with Crippen LogP contribution in [0.3, 0.4) is 0 Å². The molecule has 1 heterocycles. The van der Waals surface area contributed by atoms with Crippen LogP contribution in [0.2, 0.25) is 0 Å². The Labute approximate surface area is 98.6 Å². The van der Waals surface area contributed by atoms with E-state index in [1.54, 1.807) is 0 Å². The van der Waals surface area contributed by atoms with Gasteiger partial charge in [-0.25, -0.2) is 0 Å². The first-order chi connectivity index (χ1) is 7.52. The van der Waals surface area contributed by atoms with Crippen LogP contribution in [0.15, 0.2) is 0 Å². The molecule has 4 nitrogen and oxygen atoms in total. The first-order valence-electron chi connectivity index (χ1n) is 5.96. The van der Waals surface area contributed by atoms with Gasteiger partial charge in [-0.1, -0.05) is 0 Å². The maximum Gasteiger partial charge on any atom is 0.105 e. The van der Waals surface area contributed by atoms with Crippen molar-refractivity contribution in [2.24, 2.45) is 0 Å². The van der Waals surface area contributed by atoms with Crippen LogP contribution in [-0.2, 0) is 4.74 Å². The first-order valence-corrected chi connectivity index (χ1v) is 5.96. The number of nitriles is 1. The van der Waals surface area contributed by atoms with Gasteiger partial charge in [-0.05, 0) is 34.2 Å². The number of hydrogen-bond acceptors (Lipinski definition) is 4. The summed E-state index contributed by atoms with van der Waals surface area (Å²) in [5.74, 6) is 0. The SMILES string of the molecule is CNC(C)(C#N)CC(C)N1CCOCC1C. The highest BCUT2D eigenvalue weighted by Crippen LogP contribution is 2.19. The van der Waals surface area contributed by atoms with E-state index in [0.717, 1.165) is 26.2 Å². The van der Waals surface area contributed by atoms with E-state index in [1.807, 2.05) is 14.0 Å². The van der Waals surface area contributed by atoms with Gasteiger partial charge in [0.25, 0.3) is 0 Å². The molecule has 0 aromatic carbocycles. The van der Waals surface area contributed by atoms with Crippen LogP contribution in [0.5, 0.6) is 0 Å². The Morgan fingerprint density at radius 1 is 1.69 bits per heavy atom. The molecule has 1 N–H and O–H groups in total. The lowest BCUT2D eigenvalue weighted by Crippen LogP contribution is -2.52. The Kier molecular flexibility index (Phi) is 4.72. The van der Waals surface area contributed by atoms with Crippen molar-refractivity contribution in [1.29, 1.82) is 5.26 Å².